The third kappa shape index (κ3) is 23.3. The largest absolute Gasteiger partial charge is 0.468 e. The predicted molar refractivity (Wildman–Crippen MR) is 145 cm³/mol. The van der Waals surface area contributed by atoms with Crippen LogP contribution in [-0.4, -0.2) is 58.1 Å². The minimum atomic E-state index is -0.154. The number of aldehydes is 1. The van der Waals surface area contributed by atoms with E-state index in [4.69, 9.17) is 4.74 Å². The second kappa shape index (κ2) is 28.0. The summed E-state index contributed by atoms with van der Waals surface area (Å²) in [5, 5.41) is 6.06. The van der Waals surface area contributed by atoms with Gasteiger partial charge in [-0.2, -0.15) is 11.8 Å². The molecule has 0 saturated heterocycles. The third-order valence-electron chi connectivity index (χ3n) is 4.01. The molecule has 2 rings (SSSR count). The van der Waals surface area contributed by atoms with E-state index >= 15 is 0 Å². The molecular formula is C27H43FN2O4S. The summed E-state index contributed by atoms with van der Waals surface area (Å²) in [6, 6.07) is 16.8. The van der Waals surface area contributed by atoms with Crippen molar-refractivity contribution in [2.75, 3.05) is 39.3 Å². The van der Waals surface area contributed by atoms with E-state index in [2.05, 4.69) is 27.5 Å². The number of thioether (sulfide) groups is 1. The fraction of sp³-hybridized carbons (Fsp3) is 0.481. The maximum absolute atomic E-state index is 12.6. The standard InChI is InChI=1S/C13H19NO2S.C9H12FN.C3H6O2.C2H6/c1-2-16-11-14-13(8-15)10-17-9-12-6-4-3-5-7-12;1-11-6-5-8-3-2-4-9(10)7-8;1-2-5-3-4;1-2/h3-8,13-14H,2,9-11H2,1H3;2-4,7,11H,5-6H2,1H3;3H,2H2,1H3;1-2H3. The van der Waals surface area contributed by atoms with Crippen LogP contribution in [0.1, 0.15) is 38.8 Å². The minimum Gasteiger partial charge on any atom is -0.468 e. The van der Waals surface area contributed by atoms with Crippen LogP contribution >= 0.6 is 11.8 Å². The lowest BCUT2D eigenvalue weighted by Gasteiger charge is -2.12. The molecule has 35 heavy (non-hydrogen) atoms. The SMILES string of the molecule is CC.CCOC=O.CCOCNC(C=O)CSCc1ccccc1.CNCCc1cccc(F)c1. The van der Waals surface area contributed by atoms with Crippen LogP contribution in [0.25, 0.3) is 0 Å². The molecule has 0 aromatic heterocycles. The lowest BCUT2D eigenvalue weighted by atomic mass is 10.1. The highest BCUT2D eigenvalue weighted by Gasteiger charge is 2.06. The number of benzene rings is 2. The molecule has 0 saturated carbocycles. The van der Waals surface area contributed by atoms with Gasteiger partial charge >= 0.3 is 0 Å². The van der Waals surface area contributed by atoms with E-state index in [1.54, 1.807) is 30.8 Å². The first-order valence-electron chi connectivity index (χ1n) is 11.9. The molecule has 0 heterocycles. The number of carbonyl (C=O) groups excluding carboxylic acids is 2. The molecule has 0 radical (unpaired) electrons. The van der Waals surface area contributed by atoms with Crippen LogP contribution in [-0.2, 0) is 31.2 Å². The molecule has 0 aliphatic carbocycles. The van der Waals surface area contributed by atoms with Crippen molar-refractivity contribution in [2.45, 2.75) is 45.9 Å². The smallest absolute Gasteiger partial charge is 0.293 e. The minimum absolute atomic E-state index is 0.129. The summed E-state index contributed by atoms with van der Waals surface area (Å²) in [4.78, 5) is 20.0. The summed E-state index contributed by atoms with van der Waals surface area (Å²) in [5.74, 6) is 1.55. The van der Waals surface area contributed by atoms with Crippen molar-refractivity contribution in [3.05, 3.63) is 71.5 Å². The van der Waals surface area contributed by atoms with Crippen LogP contribution in [0.4, 0.5) is 4.39 Å². The lowest BCUT2D eigenvalue weighted by molar-refractivity contribution is -0.128. The Bertz CT molecular complexity index is 723. The van der Waals surface area contributed by atoms with Crippen LogP contribution < -0.4 is 10.6 Å². The second-order valence-corrected chi connectivity index (χ2v) is 7.65. The predicted octanol–water partition coefficient (Wildman–Crippen LogP) is 4.86. The average Bonchev–Trinajstić information content (AvgIpc) is 2.90. The molecule has 0 bridgehead atoms. The summed E-state index contributed by atoms with van der Waals surface area (Å²) in [6.07, 6.45) is 1.82. The van der Waals surface area contributed by atoms with Gasteiger partial charge in [0, 0.05) is 18.1 Å². The van der Waals surface area contributed by atoms with E-state index in [1.807, 2.05) is 52.1 Å². The number of rotatable bonds is 14. The molecule has 2 aromatic carbocycles. The van der Waals surface area contributed by atoms with E-state index < -0.39 is 0 Å². The van der Waals surface area contributed by atoms with E-state index in [1.165, 1.54) is 11.6 Å². The Hall–Kier alpha value is -2.26. The van der Waals surface area contributed by atoms with E-state index in [0.717, 1.165) is 36.3 Å². The zero-order valence-corrected chi connectivity index (χ0v) is 22.6. The van der Waals surface area contributed by atoms with Crippen molar-refractivity contribution < 1.29 is 23.5 Å². The summed E-state index contributed by atoms with van der Waals surface area (Å²) in [7, 11) is 1.89. The highest BCUT2D eigenvalue weighted by atomic mass is 32.2. The zero-order chi connectivity index (χ0) is 26.6. The second-order valence-electron chi connectivity index (χ2n) is 6.62. The molecule has 0 fully saturated rings. The molecule has 8 heteroatoms. The quantitative estimate of drug-likeness (QED) is 0.213. The first kappa shape index (κ1) is 34.9. The lowest BCUT2D eigenvalue weighted by Crippen LogP contribution is -2.34. The van der Waals surface area contributed by atoms with Gasteiger partial charge in [-0.05, 0) is 57.1 Å². The van der Waals surface area contributed by atoms with Gasteiger partial charge in [-0.15, -0.1) is 0 Å². The fourth-order valence-corrected chi connectivity index (χ4v) is 3.32. The van der Waals surface area contributed by atoms with Crippen molar-refractivity contribution in [1.82, 2.24) is 10.6 Å². The number of likely N-dealkylation sites (N-methyl/N-ethyl adjacent to an activating group) is 1. The van der Waals surface area contributed by atoms with Crippen molar-refractivity contribution in [3.63, 3.8) is 0 Å². The molecule has 0 aliphatic heterocycles. The molecule has 198 valence electrons. The molecule has 6 nitrogen and oxygen atoms in total. The van der Waals surface area contributed by atoms with Crippen LogP contribution in [0.15, 0.2) is 54.6 Å². The highest BCUT2D eigenvalue weighted by molar-refractivity contribution is 7.98. The van der Waals surface area contributed by atoms with Gasteiger partial charge in [0.25, 0.3) is 6.47 Å². The Morgan fingerprint density at radius 3 is 2.20 bits per heavy atom. The Morgan fingerprint density at radius 1 is 1.00 bits per heavy atom. The normalized spacial score (nSPS) is 10.2. The van der Waals surface area contributed by atoms with Gasteiger partial charge in [-0.25, -0.2) is 4.39 Å². The Balaban J connectivity index is 0. The van der Waals surface area contributed by atoms with Gasteiger partial charge < -0.3 is 19.6 Å². The summed E-state index contributed by atoms with van der Waals surface area (Å²) < 4.78 is 21.9. The van der Waals surface area contributed by atoms with Gasteiger partial charge in [0.05, 0.1) is 19.4 Å². The number of hydrogen-bond donors (Lipinski definition) is 2. The Kier molecular flexibility index (Phi) is 27.9. The average molecular weight is 511 g/mol. The summed E-state index contributed by atoms with van der Waals surface area (Å²) >= 11 is 1.75. The topological polar surface area (TPSA) is 76.7 Å². The zero-order valence-electron chi connectivity index (χ0n) is 21.8. The number of halogens is 1. The van der Waals surface area contributed by atoms with Crippen LogP contribution in [0.3, 0.4) is 0 Å². The molecule has 2 aromatic rings. The van der Waals surface area contributed by atoms with Gasteiger partial charge in [0.15, 0.2) is 0 Å². The highest BCUT2D eigenvalue weighted by Crippen LogP contribution is 2.12. The van der Waals surface area contributed by atoms with Gasteiger partial charge in [0.2, 0.25) is 0 Å². The molecule has 1 atom stereocenters. The van der Waals surface area contributed by atoms with E-state index in [-0.39, 0.29) is 11.9 Å². The monoisotopic (exact) mass is 510 g/mol. The summed E-state index contributed by atoms with van der Waals surface area (Å²) in [6.45, 7) is 10.6. The fourth-order valence-electron chi connectivity index (χ4n) is 2.32. The summed E-state index contributed by atoms with van der Waals surface area (Å²) in [5.41, 5.74) is 2.33. The van der Waals surface area contributed by atoms with Crippen molar-refractivity contribution in [2.24, 2.45) is 0 Å². The van der Waals surface area contributed by atoms with Gasteiger partial charge in [0.1, 0.15) is 12.1 Å². The first-order valence-corrected chi connectivity index (χ1v) is 13.1. The van der Waals surface area contributed by atoms with E-state index in [9.17, 15) is 14.0 Å². The molecule has 2 N–H and O–H groups in total. The Labute approximate surface area is 215 Å². The molecule has 1 unspecified atom stereocenters. The van der Waals surface area contributed by atoms with E-state index in [0.29, 0.717) is 26.4 Å². The van der Waals surface area contributed by atoms with Crippen molar-refractivity contribution in [1.29, 1.82) is 0 Å². The number of hydrogen-bond acceptors (Lipinski definition) is 7. The molecule has 0 aliphatic rings. The van der Waals surface area contributed by atoms with Crippen LogP contribution in [0, 0.1) is 5.82 Å². The number of ether oxygens (including phenoxy) is 2. The van der Waals surface area contributed by atoms with Crippen LogP contribution in [0.5, 0.6) is 0 Å². The maximum Gasteiger partial charge on any atom is 0.293 e. The van der Waals surface area contributed by atoms with Gasteiger partial charge in [-0.1, -0.05) is 56.3 Å². The molecule has 0 spiro atoms. The number of carbonyl (C=O) groups is 2. The first-order chi connectivity index (χ1) is 17.1. The van der Waals surface area contributed by atoms with Crippen molar-refractivity contribution in [3.8, 4) is 0 Å². The number of nitrogens with one attached hydrogen (secondary N) is 2. The molecular weight excluding hydrogens is 467 g/mol. The van der Waals surface area contributed by atoms with Gasteiger partial charge in [-0.3, -0.25) is 10.1 Å². The molecule has 0 amide bonds. The van der Waals surface area contributed by atoms with Crippen molar-refractivity contribution >= 4 is 24.5 Å². The van der Waals surface area contributed by atoms with Crippen LogP contribution in [0.2, 0.25) is 0 Å². The maximum atomic E-state index is 12.6. The third-order valence-corrected chi connectivity index (χ3v) is 5.14. The Morgan fingerprint density at radius 2 is 1.69 bits per heavy atom.